The van der Waals surface area contributed by atoms with Crippen LogP contribution in [-0.2, 0) is 4.79 Å². The Hall–Kier alpha value is -3.28. The van der Waals surface area contributed by atoms with Crippen molar-refractivity contribution in [2.45, 2.75) is 26.7 Å². The Labute approximate surface area is 165 Å². The normalized spacial score (nSPS) is 10.3. The van der Waals surface area contributed by atoms with Crippen molar-refractivity contribution < 1.29 is 19.1 Å². The van der Waals surface area contributed by atoms with Crippen LogP contribution in [0.5, 0.6) is 11.5 Å². The molecule has 2 amide bonds. The maximum Gasteiger partial charge on any atom is 0.276 e. The third-order valence-electron chi connectivity index (χ3n) is 3.95. The van der Waals surface area contributed by atoms with Crippen LogP contribution < -0.4 is 20.3 Å². The van der Waals surface area contributed by atoms with E-state index in [1.807, 2.05) is 25.1 Å². The first-order valence-corrected chi connectivity index (χ1v) is 9.07. The zero-order valence-corrected chi connectivity index (χ0v) is 16.5. The molecule has 0 aromatic heterocycles. The van der Waals surface area contributed by atoms with E-state index in [4.69, 9.17) is 9.47 Å². The van der Waals surface area contributed by atoms with Crippen molar-refractivity contribution >= 4 is 11.8 Å². The molecule has 2 rings (SSSR count). The van der Waals surface area contributed by atoms with Gasteiger partial charge in [-0.25, -0.2) is 0 Å². The lowest BCUT2D eigenvalue weighted by Crippen LogP contribution is -2.44. The van der Waals surface area contributed by atoms with Crippen LogP contribution in [0.1, 0.15) is 41.3 Å². The van der Waals surface area contributed by atoms with Gasteiger partial charge in [-0.15, -0.1) is 0 Å². The van der Waals surface area contributed by atoms with Gasteiger partial charge in [-0.3, -0.25) is 20.4 Å². The van der Waals surface area contributed by atoms with Gasteiger partial charge in [-0.05, 0) is 42.2 Å². The molecule has 0 bridgehead atoms. The van der Waals surface area contributed by atoms with Crippen molar-refractivity contribution in [3.8, 4) is 11.5 Å². The molecule has 0 radical (unpaired) electrons. The first-order chi connectivity index (χ1) is 13.4. The van der Waals surface area contributed by atoms with Crippen LogP contribution in [0.15, 0.2) is 55.1 Å². The lowest BCUT2D eigenvalue weighted by molar-refractivity contribution is -0.123. The van der Waals surface area contributed by atoms with Crippen LogP contribution in [0, 0.1) is 6.92 Å². The summed E-state index contributed by atoms with van der Waals surface area (Å²) in [7, 11) is 0. The molecule has 0 atom stereocenters. The number of benzene rings is 2. The maximum atomic E-state index is 12.3. The highest BCUT2D eigenvalue weighted by atomic mass is 16.5. The number of carbonyl (C=O) groups is 2. The van der Waals surface area contributed by atoms with E-state index in [-0.39, 0.29) is 19.1 Å². The van der Waals surface area contributed by atoms with E-state index in [0.29, 0.717) is 17.1 Å². The van der Waals surface area contributed by atoms with Gasteiger partial charge in [-0.2, -0.15) is 0 Å². The molecule has 0 aliphatic carbocycles. The van der Waals surface area contributed by atoms with Crippen LogP contribution in [0.3, 0.4) is 0 Å². The van der Waals surface area contributed by atoms with Crippen molar-refractivity contribution in [3.63, 3.8) is 0 Å². The summed E-state index contributed by atoms with van der Waals surface area (Å²) in [5.41, 5.74) is 7.12. The van der Waals surface area contributed by atoms with Crippen molar-refractivity contribution in [3.05, 3.63) is 71.8 Å². The van der Waals surface area contributed by atoms with Gasteiger partial charge in [0, 0.05) is 0 Å². The lowest BCUT2D eigenvalue weighted by atomic mass is 10.0. The molecule has 0 unspecified atom stereocenters. The Morgan fingerprint density at radius 1 is 1.07 bits per heavy atom. The molecule has 6 nitrogen and oxygen atoms in total. The van der Waals surface area contributed by atoms with Gasteiger partial charge in [-0.1, -0.05) is 50.8 Å². The van der Waals surface area contributed by atoms with Gasteiger partial charge >= 0.3 is 0 Å². The molecule has 0 saturated heterocycles. The number of amides is 2. The highest BCUT2D eigenvalue weighted by Gasteiger charge is 2.14. The number of hydrogen-bond donors (Lipinski definition) is 2. The monoisotopic (exact) mass is 382 g/mol. The number of rotatable bonds is 8. The Kier molecular flexibility index (Phi) is 7.63. The largest absolute Gasteiger partial charge is 0.489 e. The molecule has 2 aromatic rings. The molecule has 2 N–H and O–H groups in total. The highest BCUT2D eigenvalue weighted by molar-refractivity contribution is 5.97. The number of carbonyl (C=O) groups excluding carboxylic acids is 2. The van der Waals surface area contributed by atoms with Gasteiger partial charge in [0.25, 0.3) is 11.8 Å². The van der Waals surface area contributed by atoms with E-state index in [1.165, 1.54) is 0 Å². The van der Waals surface area contributed by atoms with Crippen molar-refractivity contribution in [1.29, 1.82) is 0 Å². The summed E-state index contributed by atoms with van der Waals surface area (Å²) in [5.74, 6) is 0.400. The molecular formula is C22H26N2O4. The minimum absolute atomic E-state index is 0.210. The van der Waals surface area contributed by atoms with Crippen LogP contribution in [0.2, 0.25) is 0 Å². The zero-order valence-electron chi connectivity index (χ0n) is 16.5. The smallest absolute Gasteiger partial charge is 0.276 e. The van der Waals surface area contributed by atoms with E-state index < -0.39 is 11.8 Å². The molecule has 148 valence electrons. The quantitative estimate of drug-likeness (QED) is 0.541. The molecule has 0 saturated carbocycles. The number of hydrazine groups is 1. The Balaban J connectivity index is 1.92. The molecule has 2 aromatic carbocycles. The van der Waals surface area contributed by atoms with Crippen molar-refractivity contribution in [2.24, 2.45) is 0 Å². The molecule has 0 heterocycles. The summed E-state index contributed by atoms with van der Waals surface area (Å²) in [6, 6.07) is 12.7. The first-order valence-electron chi connectivity index (χ1n) is 9.07. The van der Waals surface area contributed by atoms with Crippen molar-refractivity contribution in [2.75, 3.05) is 13.2 Å². The second-order valence-corrected chi connectivity index (χ2v) is 6.58. The van der Waals surface area contributed by atoms with Crippen LogP contribution in [0.4, 0.5) is 0 Å². The predicted octanol–water partition coefficient (Wildman–Crippen LogP) is 3.52. The van der Waals surface area contributed by atoms with Gasteiger partial charge in [0.2, 0.25) is 0 Å². The van der Waals surface area contributed by atoms with E-state index in [1.54, 1.807) is 30.3 Å². The third kappa shape index (κ3) is 5.87. The fraction of sp³-hybridized carbons (Fsp3) is 0.273. The summed E-state index contributed by atoms with van der Waals surface area (Å²) in [4.78, 5) is 24.4. The molecule has 28 heavy (non-hydrogen) atoms. The zero-order chi connectivity index (χ0) is 20.5. The molecule has 6 heteroatoms. The standard InChI is InChI=1S/C22H26N2O4/c1-5-12-27-19-9-7-6-8-18(19)22(26)24-23-21(25)14-28-20-13-16(4)10-11-17(20)15(2)3/h5-11,13,15H,1,12,14H2,2-4H3,(H,23,25)(H,24,26). The van der Waals surface area contributed by atoms with Gasteiger partial charge < -0.3 is 9.47 Å². The Bertz CT molecular complexity index is 846. The SMILES string of the molecule is C=CCOc1ccccc1C(=O)NNC(=O)COc1cc(C)ccc1C(C)C. The first kappa shape index (κ1) is 21.0. The average molecular weight is 382 g/mol. The summed E-state index contributed by atoms with van der Waals surface area (Å²) >= 11 is 0. The van der Waals surface area contributed by atoms with E-state index in [9.17, 15) is 9.59 Å². The van der Waals surface area contributed by atoms with Crippen molar-refractivity contribution in [1.82, 2.24) is 10.9 Å². The molecule has 0 aliphatic heterocycles. The van der Waals surface area contributed by atoms with Crippen LogP contribution in [-0.4, -0.2) is 25.0 Å². The highest BCUT2D eigenvalue weighted by Crippen LogP contribution is 2.27. The molecule has 0 fully saturated rings. The fourth-order valence-corrected chi connectivity index (χ4v) is 2.55. The number of para-hydroxylation sites is 1. The van der Waals surface area contributed by atoms with E-state index in [0.717, 1.165) is 11.1 Å². The third-order valence-corrected chi connectivity index (χ3v) is 3.95. The Morgan fingerprint density at radius 3 is 2.54 bits per heavy atom. The predicted molar refractivity (Wildman–Crippen MR) is 109 cm³/mol. The lowest BCUT2D eigenvalue weighted by Gasteiger charge is -2.15. The molecule has 0 spiro atoms. The Morgan fingerprint density at radius 2 is 1.82 bits per heavy atom. The summed E-state index contributed by atoms with van der Waals surface area (Å²) in [5, 5.41) is 0. The molecular weight excluding hydrogens is 356 g/mol. The number of hydrogen-bond acceptors (Lipinski definition) is 4. The number of ether oxygens (including phenoxy) is 2. The summed E-state index contributed by atoms with van der Waals surface area (Å²) in [6.07, 6.45) is 1.59. The van der Waals surface area contributed by atoms with E-state index in [2.05, 4.69) is 31.3 Å². The van der Waals surface area contributed by atoms with E-state index >= 15 is 0 Å². The summed E-state index contributed by atoms with van der Waals surface area (Å²) < 4.78 is 11.1. The number of aryl methyl sites for hydroxylation is 1. The number of nitrogens with one attached hydrogen (secondary N) is 2. The minimum atomic E-state index is -0.480. The van der Waals surface area contributed by atoms with Gasteiger partial charge in [0.1, 0.15) is 18.1 Å². The second-order valence-electron chi connectivity index (χ2n) is 6.58. The topological polar surface area (TPSA) is 76.7 Å². The average Bonchev–Trinajstić information content (AvgIpc) is 2.68. The van der Waals surface area contributed by atoms with Crippen LogP contribution >= 0.6 is 0 Å². The maximum absolute atomic E-state index is 12.3. The molecule has 0 aliphatic rings. The second kappa shape index (κ2) is 10.2. The minimum Gasteiger partial charge on any atom is -0.489 e. The van der Waals surface area contributed by atoms with Crippen LogP contribution in [0.25, 0.3) is 0 Å². The summed E-state index contributed by atoms with van der Waals surface area (Å²) in [6.45, 7) is 9.73. The fourth-order valence-electron chi connectivity index (χ4n) is 2.55. The van der Waals surface area contributed by atoms with Gasteiger partial charge in [0.05, 0.1) is 5.56 Å². The van der Waals surface area contributed by atoms with Gasteiger partial charge in [0.15, 0.2) is 6.61 Å².